The number of hydrogen-bond acceptors (Lipinski definition) is 8. The summed E-state index contributed by atoms with van der Waals surface area (Å²) in [5, 5.41) is 0. The Morgan fingerprint density at radius 1 is 0.627 bits per heavy atom. The number of quaternary nitrogens is 1. The Labute approximate surface area is 359 Å². The predicted molar refractivity (Wildman–Crippen MR) is 242 cm³/mol. The molecule has 11 heteroatoms. The molecule has 10 nitrogen and oxygen atoms in total. The third-order valence-corrected chi connectivity index (χ3v) is 10.7. The minimum atomic E-state index is -4.40. The fourth-order valence-electron chi connectivity index (χ4n) is 5.98. The molecule has 1 rings (SSSR count). The molecule has 4 atom stereocenters. The number of epoxide rings is 1. The lowest BCUT2D eigenvalue weighted by Gasteiger charge is -2.24. The van der Waals surface area contributed by atoms with E-state index >= 15 is 0 Å². The largest absolute Gasteiger partial charge is 0.472 e. The number of allylic oxidation sites excluding steroid dienone is 11. The maximum absolute atomic E-state index is 12.7. The Morgan fingerprint density at radius 2 is 1.15 bits per heavy atom. The van der Waals surface area contributed by atoms with Gasteiger partial charge in [0.1, 0.15) is 19.8 Å². The van der Waals surface area contributed by atoms with Gasteiger partial charge < -0.3 is 23.6 Å². The molecule has 4 unspecified atom stereocenters. The Hall–Kier alpha value is -2.59. The molecule has 0 radical (unpaired) electrons. The normalized spacial score (nSPS) is 17.7. The first-order valence-electron chi connectivity index (χ1n) is 22.8. The van der Waals surface area contributed by atoms with Crippen LogP contribution in [0.15, 0.2) is 72.9 Å². The van der Waals surface area contributed by atoms with E-state index in [0.717, 1.165) is 70.6 Å². The highest BCUT2D eigenvalue weighted by atomic mass is 31.2. The highest BCUT2D eigenvalue weighted by Crippen LogP contribution is 2.43. The summed E-state index contributed by atoms with van der Waals surface area (Å²) in [6.45, 7) is 4.20. The molecule has 1 aliphatic heterocycles. The van der Waals surface area contributed by atoms with Crippen molar-refractivity contribution in [3.63, 3.8) is 0 Å². The molecule has 0 aromatic heterocycles. The van der Waals surface area contributed by atoms with E-state index in [4.69, 9.17) is 23.3 Å². The maximum atomic E-state index is 12.7. The zero-order valence-electron chi connectivity index (χ0n) is 37.7. The molecule has 1 N–H and O–H groups in total. The summed E-state index contributed by atoms with van der Waals surface area (Å²) >= 11 is 0. The number of ether oxygens (including phenoxy) is 3. The second-order valence-corrected chi connectivity index (χ2v) is 17.9. The molecule has 1 heterocycles. The lowest BCUT2D eigenvalue weighted by atomic mass is 10.1. The number of unbranched alkanes of at least 4 members (excludes halogenated alkanes) is 11. The van der Waals surface area contributed by atoms with Gasteiger partial charge in [-0.3, -0.25) is 18.6 Å². The van der Waals surface area contributed by atoms with Crippen LogP contribution in [0.2, 0.25) is 0 Å². The van der Waals surface area contributed by atoms with Gasteiger partial charge in [0.15, 0.2) is 6.10 Å². The topological polar surface area (TPSA) is 121 Å². The number of nitrogens with zero attached hydrogens (tertiary/aromatic N) is 1. The summed E-state index contributed by atoms with van der Waals surface area (Å²) in [6.07, 6.45) is 47.3. The van der Waals surface area contributed by atoms with Crippen LogP contribution < -0.4 is 0 Å². The standard InChI is InChI=1S/C48H82NO9P/c1-6-8-9-10-11-12-13-14-16-20-23-26-29-32-35-38-47(50)54-42-44(43-56-59(52,53)55-41-40-49(3,4)5)57-48(51)39-36-33-30-27-24-21-18-15-17-19-22-25-28-31-34-37-46-45(7-2)58-46/h14-17,21-22,24-25,30-31,33-34,44-46H,6-13,18-20,23,26-29,32,35-43H2,1-5H3/p+1/b16-14-,17-15-,24-21-,25-22-,33-30-,34-31-. The highest BCUT2D eigenvalue weighted by molar-refractivity contribution is 7.47. The maximum Gasteiger partial charge on any atom is 0.472 e. The van der Waals surface area contributed by atoms with E-state index in [1.54, 1.807) is 0 Å². The fraction of sp³-hybridized carbons (Fsp3) is 0.708. The summed E-state index contributed by atoms with van der Waals surface area (Å²) in [5.74, 6) is -0.915. The molecule has 0 bridgehead atoms. The van der Waals surface area contributed by atoms with E-state index in [0.29, 0.717) is 36.1 Å². The van der Waals surface area contributed by atoms with E-state index in [2.05, 4.69) is 74.6 Å². The van der Waals surface area contributed by atoms with Gasteiger partial charge >= 0.3 is 19.8 Å². The van der Waals surface area contributed by atoms with Crippen molar-refractivity contribution in [2.45, 2.75) is 173 Å². The molecule has 338 valence electrons. The molecule has 0 amide bonds. The molecule has 0 aromatic rings. The molecular formula is C48H83NO9P+. The second kappa shape index (κ2) is 36.1. The van der Waals surface area contributed by atoms with Crippen molar-refractivity contribution in [3.8, 4) is 0 Å². The smallest absolute Gasteiger partial charge is 0.462 e. The number of carbonyl (C=O) groups excluding carboxylic acids is 2. The number of carbonyl (C=O) groups is 2. The number of esters is 2. The zero-order valence-corrected chi connectivity index (χ0v) is 38.5. The molecule has 1 aliphatic rings. The number of hydrogen-bond donors (Lipinski definition) is 1. The minimum Gasteiger partial charge on any atom is -0.462 e. The Morgan fingerprint density at radius 3 is 1.71 bits per heavy atom. The first-order valence-corrected chi connectivity index (χ1v) is 24.3. The second-order valence-electron chi connectivity index (χ2n) is 16.4. The molecule has 0 spiro atoms. The lowest BCUT2D eigenvalue weighted by Crippen LogP contribution is -2.37. The average Bonchev–Trinajstić information content (AvgIpc) is 3.96. The van der Waals surface area contributed by atoms with Crippen LogP contribution in [0.3, 0.4) is 0 Å². The van der Waals surface area contributed by atoms with Gasteiger partial charge in [-0.25, -0.2) is 4.57 Å². The van der Waals surface area contributed by atoms with Crippen LogP contribution in [0, 0.1) is 0 Å². The molecule has 1 saturated heterocycles. The summed E-state index contributed by atoms with van der Waals surface area (Å²) in [7, 11) is 1.41. The van der Waals surface area contributed by atoms with Crippen LogP contribution in [-0.2, 0) is 37.4 Å². The summed E-state index contributed by atoms with van der Waals surface area (Å²) in [6, 6.07) is 0. The molecule has 59 heavy (non-hydrogen) atoms. The van der Waals surface area contributed by atoms with Gasteiger partial charge in [0.2, 0.25) is 0 Å². The number of rotatable bonds is 39. The number of phosphoric acid groups is 1. The van der Waals surface area contributed by atoms with Crippen molar-refractivity contribution in [3.05, 3.63) is 72.9 Å². The van der Waals surface area contributed by atoms with Crippen molar-refractivity contribution >= 4 is 19.8 Å². The third kappa shape index (κ3) is 36.9. The van der Waals surface area contributed by atoms with E-state index < -0.39 is 32.5 Å². The number of likely N-dealkylation sites (N-methyl/N-ethyl adjacent to an activating group) is 1. The average molecular weight is 849 g/mol. The quantitative estimate of drug-likeness (QED) is 0.0161. The minimum absolute atomic E-state index is 0.0117. The van der Waals surface area contributed by atoms with Crippen LogP contribution in [0.4, 0.5) is 0 Å². The molecule has 0 aliphatic carbocycles. The Kier molecular flexibility index (Phi) is 33.3. The van der Waals surface area contributed by atoms with E-state index in [1.807, 2.05) is 33.3 Å². The Balaban J connectivity index is 2.32. The monoisotopic (exact) mass is 849 g/mol. The molecule has 0 aromatic carbocycles. The zero-order chi connectivity index (χ0) is 43.3. The SMILES string of the molecule is CCCCCCCC/C=C\CCCCCCCC(=O)OCC(COP(=O)(O)OCC[N+](C)(C)C)OC(=O)CC/C=C\C/C=C\C/C=C\C/C=C\C/C=C\CC1OC1CC. The predicted octanol–water partition coefficient (Wildman–Crippen LogP) is 12.0. The van der Waals surface area contributed by atoms with Crippen molar-refractivity contribution < 1.29 is 46.8 Å². The van der Waals surface area contributed by atoms with Crippen molar-refractivity contribution in [1.29, 1.82) is 0 Å². The van der Waals surface area contributed by atoms with Crippen LogP contribution >= 0.6 is 7.82 Å². The summed E-state index contributed by atoms with van der Waals surface area (Å²) in [5.41, 5.74) is 0. The summed E-state index contributed by atoms with van der Waals surface area (Å²) < 4.78 is 39.8. The fourth-order valence-corrected chi connectivity index (χ4v) is 6.72. The van der Waals surface area contributed by atoms with Gasteiger partial charge in [0.25, 0.3) is 0 Å². The van der Waals surface area contributed by atoms with Crippen LogP contribution in [-0.4, -0.2) is 87.1 Å². The first kappa shape index (κ1) is 54.4. The third-order valence-electron chi connectivity index (χ3n) is 9.71. The van der Waals surface area contributed by atoms with E-state index in [9.17, 15) is 19.0 Å². The van der Waals surface area contributed by atoms with Gasteiger partial charge in [-0.05, 0) is 77.0 Å². The van der Waals surface area contributed by atoms with Crippen molar-refractivity contribution in [2.75, 3.05) is 47.5 Å². The van der Waals surface area contributed by atoms with Crippen LogP contribution in [0.25, 0.3) is 0 Å². The molecule has 1 fully saturated rings. The van der Waals surface area contributed by atoms with Gasteiger partial charge in [-0.15, -0.1) is 0 Å². The lowest BCUT2D eigenvalue weighted by molar-refractivity contribution is -0.870. The molecular weight excluding hydrogens is 765 g/mol. The van der Waals surface area contributed by atoms with E-state index in [1.165, 1.54) is 44.9 Å². The number of phosphoric ester groups is 1. The van der Waals surface area contributed by atoms with Gasteiger partial charge in [-0.2, -0.15) is 0 Å². The van der Waals surface area contributed by atoms with E-state index in [-0.39, 0.29) is 26.1 Å². The highest BCUT2D eigenvalue weighted by Gasteiger charge is 2.35. The van der Waals surface area contributed by atoms with Gasteiger partial charge in [0.05, 0.1) is 40.0 Å². The van der Waals surface area contributed by atoms with Crippen LogP contribution in [0.5, 0.6) is 0 Å². The molecule has 0 saturated carbocycles. The van der Waals surface area contributed by atoms with Crippen LogP contribution in [0.1, 0.15) is 155 Å². The van der Waals surface area contributed by atoms with Gasteiger partial charge in [-0.1, -0.05) is 138 Å². The Bertz CT molecular complexity index is 1300. The van der Waals surface area contributed by atoms with Crippen molar-refractivity contribution in [1.82, 2.24) is 0 Å². The summed E-state index contributed by atoms with van der Waals surface area (Å²) in [4.78, 5) is 35.4. The van der Waals surface area contributed by atoms with Gasteiger partial charge in [0, 0.05) is 12.8 Å². The van der Waals surface area contributed by atoms with Crippen molar-refractivity contribution in [2.24, 2.45) is 0 Å². The first-order chi connectivity index (χ1) is 28.5.